The summed E-state index contributed by atoms with van der Waals surface area (Å²) in [7, 11) is -2.27. The van der Waals surface area contributed by atoms with Crippen LogP contribution in [0.4, 0.5) is 11.4 Å². The molecule has 1 heterocycles. The molecule has 1 fully saturated rings. The van der Waals surface area contributed by atoms with Gasteiger partial charge in [-0.05, 0) is 38.1 Å². The Kier molecular flexibility index (Phi) is 6.96. The van der Waals surface area contributed by atoms with Gasteiger partial charge in [0.2, 0.25) is 15.9 Å². The first-order valence-corrected chi connectivity index (χ1v) is 11.3. The number of anilines is 2. The van der Waals surface area contributed by atoms with Crippen molar-refractivity contribution in [3.05, 3.63) is 48.0 Å². The maximum atomic E-state index is 12.6. The highest BCUT2D eigenvalue weighted by atomic mass is 32.2. The van der Waals surface area contributed by atoms with Crippen LogP contribution in [0.1, 0.15) is 12.5 Å². The smallest absolute Gasteiger partial charge is 0.242 e. The number of aryl methyl sites for hydroxylation is 1. The molecule has 2 aromatic carbocycles. The lowest BCUT2D eigenvalue weighted by molar-refractivity contribution is -0.117. The van der Waals surface area contributed by atoms with Crippen molar-refractivity contribution in [2.75, 3.05) is 43.5 Å². The molecule has 0 aliphatic carbocycles. The zero-order valence-corrected chi connectivity index (χ0v) is 18.3. The third kappa shape index (κ3) is 5.29. The number of piperazine rings is 1. The van der Waals surface area contributed by atoms with Gasteiger partial charge in [0.1, 0.15) is 5.75 Å². The average Bonchev–Trinajstić information content (AvgIpc) is 2.74. The molecule has 2 aromatic rings. The molecule has 1 aliphatic rings. The van der Waals surface area contributed by atoms with Crippen LogP contribution in [0, 0.1) is 6.92 Å². The molecule has 8 nitrogen and oxygen atoms in total. The van der Waals surface area contributed by atoms with Gasteiger partial charge in [0.15, 0.2) is 0 Å². The maximum absolute atomic E-state index is 12.6. The average molecular weight is 433 g/mol. The van der Waals surface area contributed by atoms with Crippen molar-refractivity contribution in [1.82, 2.24) is 10.0 Å². The quantitative estimate of drug-likeness (QED) is 0.616. The number of ether oxygens (including phenoxy) is 1. The van der Waals surface area contributed by atoms with E-state index in [4.69, 9.17) is 4.74 Å². The fraction of sp³-hybridized carbons (Fsp3) is 0.381. The third-order valence-electron chi connectivity index (χ3n) is 4.98. The minimum atomic E-state index is -3.81. The predicted octanol–water partition coefficient (Wildman–Crippen LogP) is 1.72. The van der Waals surface area contributed by atoms with Gasteiger partial charge in [0.25, 0.3) is 0 Å². The van der Waals surface area contributed by atoms with Gasteiger partial charge in [-0.1, -0.05) is 17.7 Å². The number of carbonyl (C=O) groups excluding carboxylic acids is 1. The van der Waals surface area contributed by atoms with E-state index in [-0.39, 0.29) is 4.90 Å². The number of rotatable bonds is 7. The van der Waals surface area contributed by atoms with E-state index in [0.29, 0.717) is 11.4 Å². The van der Waals surface area contributed by atoms with Gasteiger partial charge < -0.3 is 20.3 Å². The first kappa shape index (κ1) is 22.1. The Bertz CT molecular complexity index is 987. The monoisotopic (exact) mass is 432 g/mol. The lowest BCUT2D eigenvalue weighted by atomic mass is 10.2. The summed E-state index contributed by atoms with van der Waals surface area (Å²) in [6.45, 7) is 7.00. The predicted molar refractivity (Wildman–Crippen MR) is 118 cm³/mol. The van der Waals surface area contributed by atoms with E-state index in [1.807, 2.05) is 19.1 Å². The van der Waals surface area contributed by atoms with Crippen molar-refractivity contribution < 1.29 is 17.9 Å². The zero-order valence-electron chi connectivity index (χ0n) is 17.4. The van der Waals surface area contributed by atoms with Crippen LogP contribution < -0.4 is 25.0 Å². The van der Waals surface area contributed by atoms with Crippen molar-refractivity contribution in [3.63, 3.8) is 0 Å². The maximum Gasteiger partial charge on any atom is 0.242 e. The fourth-order valence-corrected chi connectivity index (χ4v) is 4.42. The minimum absolute atomic E-state index is 0.116. The molecule has 1 atom stereocenters. The number of nitrogens with one attached hydrogen (secondary N) is 3. The van der Waals surface area contributed by atoms with Gasteiger partial charge in [-0.2, -0.15) is 4.72 Å². The second-order valence-corrected chi connectivity index (χ2v) is 8.98. The van der Waals surface area contributed by atoms with Crippen LogP contribution in [0.25, 0.3) is 0 Å². The second-order valence-electron chi connectivity index (χ2n) is 7.27. The van der Waals surface area contributed by atoms with E-state index in [9.17, 15) is 13.2 Å². The number of nitrogens with zero attached hydrogens (tertiary/aromatic N) is 1. The van der Waals surface area contributed by atoms with E-state index in [2.05, 4.69) is 20.3 Å². The van der Waals surface area contributed by atoms with Crippen molar-refractivity contribution in [2.45, 2.75) is 24.8 Å². The normalized spacial score (nSPS) is 15.5. The number of amides is 1. The van der Waals surface area contributed by atoms with Crippen LogP contribution in [0.15, 0.2) is 47.4 Å². The third-order valence-corrected chi connectivity index (χ3v) is 6.54. The van der Waals surface area contributed by atoms with Gasteiger partial charge >= 0.3 is 0 Å². The number of benzene rings is 2. The Balaban J connectivity index is 1.69. The molecule has 3 rings (SSSR count). The second kappa shape index (κ2) is 9.46. The molecule has 1 saturated heterocycles. The molecular weight excluding hydrogens is 404 g/mol. The van der Waals surface area contributed by atoms with E-state index >= 15 is 0 Å². The van der Waals surface area contributed by atoms with E-state index < -0.39 is 22.0 Å². The van der Waals surface area contributed by atoms with E-state index in [0.717, 1.165) is 37.4 Å². The Morgan fingerprint density at radius 2 is 1.80 bits per heavy atom. The summed E-state index contributed by atoms with van der Waals surface area (Å²) in [5.41, 5.74) is 2.46. The largest absolute Gasteiger partial charge is 0.494 e. The molecule has 0 bridgehead atoms. The van der Waals surface area contributed by atoms with Crippen LogP contribution in [0.2, 0.25) is 0 Å². The highest BCUT2D eigenvalue weighted by molar-refractivity contribution is 7.89. The highest BCUT2D eigenvalue weighted by Crippen LogP contribution is 2.30. The summed E-state index contributed by atoms with van der Waals surface area (Å²) in [5.74, 6) is 0.0480. The van der Waals surface area contributed by atoms with Gasteiger partial charge in [-0.15, -0.1) is 0 Å². The molecule has 1 aliphatic heterocycles. The molecule has 0 radical (unpaired) electrons. The number of hydrogen-bond acceptors (Lipinski definition) is 6. The van der Waals surface area contributed by atoms with Crippen LogP contribution in [-0.4, -0.2) is 53.7 Å². The van der Waals surface area contributed by atoms with Gasteiger partial charge in [-0.25, -0.2) is 8.42 Å². The fourth-order valence-electron chi connectivity index (χ4n) is 3.22. The Labute approximate surface area is 177 Å². The standard InChI is InChI=1S/C21H28N4O4S/c1-15-4-7-18(8-5-15)30(27,28)24-16(2)21(26)23-19-9-6-17(14-20(19)29-3)25-12-10-22-11-13-25/h4-9,14,16,22,24H,10-13H2,1-3H3,(H,23,26). The van der Waals surface area contributed by atoms with Gasteiger partial charge in [0, 0.05) is 37.9 Å². The molecule has 3 N–H and O–H groups in total. The summed E-state index contributed by atoms with van der Waals surface area (Å²) >= 11 is 0. The lowest BCUT2D eigenvalue weighted by Crippen LogP contribution is -2.43. The molecular formula is C21H28N4O4S. The highest BCUT2D eigenvalue weighted by Gasteiger charge is 2.23. The van der Waals surface area contributed by atoms with Crippen molar-refractivity contribution in [2.24, 2.45) is 0 Å². The molecule has 0 spiro atoms. The number of hydrogen-bond donors (Lipinski definition) is 3. The first-order chi connectivity index (χ1) is 14.3. The van der Waals surface area contributed by atoms with Crippen LogP contribution >= 0.6 is 0 Å². The van der Waals surface area contributed by atoms with Crippen LogP contribution in [0.5, 0.6) is 5.75 Å². The molecule has 0 saturated carbocycles. The minimum Gasteiger partial charge on any atom is -0.494 e. The van der Waals surface area contributed by atoms with E-state index in [1.54, 1.807) is 18.2 Å². The Morgan fingerprint density at radius 3 is 2.43 bits per heavy atom. The van der Waals surface area contributed by atoms with Crippen LogP contribution in [0.3, 0.4) is 0 Å². The number of carbonyl (C=O) groups is 1. The van der Waals surface area contributed by atoms with Crippen LogP contribution in [-0.2, 0) is 14.8 Å². The lowest BCUT2D eigenvalue weighted by Gasteiger charge is -2.30. The topological polar surface area (TPSA) is 99.8 Å². The Hall–Kier alpha value is -2.62. The zero-order chi connectivity index (χ0) is 21.7. The molecule has 1 amide bonds. The molecule has 30 heavy (non-hydrogen) atoms. The van der Waals surface area contributed by atoms with E-state index in [1.165, 1.54) is 26.2 Å². The van der Waals surface area contributed by atoms with Gasteiger partial charge in [0.05, 0.1) is 23.7 Å². The SMILES string of the molecule is COc1cc(N2CCNCC2)ccc1NC(=O)C(C)NS(=O)(=O)c1ccc(C)cc1. The summed E-state index contributed by atoms with van der Waals surface area (Å²) in [6, 6.07) is 11.1. The molecule has 1 unspecified atom stereocenters. The van der Waals surface area contributed by atoms with Crippen molar-refractivity contribution in [1.29, 1.82) is 0 Å². The van der Waals surface area contributed by atoms with Crippen molar-refractivity contribution >= 4 is 27.3 Å². The number of methoxy groups -OCH3 is 1. The summed E-state index contributed by atoms with van der Waals surface area (Å²) in [6.07, 6.45) is 0. The first-order valence-electron chi connectivity index (χ1n) is 9.84. The van der Waals surface area contributed by atoms with Gasteiger partial charge in [-0.3, -0.25) is 4.79 Å². The summed E-state index contributed by atoms with van der Waals surface area (Å²) in [5, 5.41) is 6.06. The molecule has 9 heteroatoms. The summed E-state index contributed by atoms with van der Waals surface area (Å²) < 4.78 is 32.9. The molecule has 0 aromatic heterocycles. The van der Waals surface area contributed by atoms with Crippen molar-refractivity contribution in [3.8, 4) is 5.75 Å². The molecule has 162 valence electrons. The number of sulfonamides is 1. The Morgan fingerprint density at radius 1 is 1.13 bits per heavy atom. The summed E-state index contributed by atoms with van der Waals surface area (Å²) in [4.78, 5) is 15.0.